The largest absolute Gasteiger partial charge is 0.351 e. The van der Waals surface area contributed by atoms with Crippen molar-refractivity contribution >= 4 is 35.0 Å². The van der Waals surface area contributed by atoms with E-state index >= 15 is 0 Å². The standard InChI is InChI=1S/C15H11N2O4/c1-17(14(20)7-8-15(17)21)11-4-2-3-10(9-11)16-12(18)5-6-13(16)19/h2-9H,1H3/q+1. The zero-order valence-corrected chi connectivity index (χ0v) is 11.1. The predicted molar refractivity (Wildman–Crippen MR) is 74.9 cm³/mol. The Kier molecular flexibility index (Phi) is 2.70. The summed E-state index contributed by atoms with van der Waals surface area (Å²) in [7, 11) is 1.48. The smallest absolute Gasteiger partial charge is 0.269 e. The Morgan fingerprint density at radius 3 is 2.00 bits per heavy atom. The van der Waals surface area contributed by atoms with E-state index in [4.69, 9.17) is 0 Å². The van der Waals surface area contributed by atoms with E-state index in [-0.39, 0.29) is 11.8 Å². The van der Waals surface area contributed by atoms with Gasteiger partial charge in [0.25, 0.3) is 11.8 Å². The Balaban J connectivity index is 2.06. The van der Waals surface area contributed by atoms with Gasteiger partial charge >= 0.3 is 11.8 Å². The van der Waals surface area contributed by atoms with Crippen LogP contribution in [0, 0.1) is 0 Å². The molecule has 0 saturated carbocycles. The van der Waals surface area contributed by atoms with Crippen LogP contribution >= 0.6 is 0 Å². The molecule has 2 aliphatic heterocycles. The van der Waals surface area contributed by atoms with Crippen LogP contribution < -0.4 is 9.38 Å². The lowest BCUT2D eigenvalue weighted by Gasteiger charge is -2.24. The van der Waals surface area contributed by atoms with Crippen LogP contribution in [0.1, 0.15) is 0 Å². The fourth-order valence-electron chi connectivity index (χ4n) is 2.37. The molecule has 0 radical (unpaired) electrons. The summed E-state index contributed by atoms with van der Waals surface area (Å²) in [6, 6.07) is 6.30. The summed E-state index contributed by atoms with van der Waals surface area (Å²) < 4.78 is -0.530. The number of benzene rings is 1. The highest BCUT2D eigenvalue weighted by Crippen LogP contribution is 2.30. The Bertz CT molecular complexity index is 725. The van der Waals surface area contributed by atoms with Crippen LogP contribution in [0.2, 0.25) is 0 Å². The third kappa shape index (κ3) is 1.77. The van der Waals surface area contributed by atoms with Crippen LogP contribution in [0.25, 0.3) is 0 Å². The summed E-state index contributed by atoms with van der Waals surface area (Å²) in [6.07, 6.45) is 4.81. The lowest BCUT2D eigenvalue weighted by molar-refractivity contribution is -0.134. The summed E-state index contributed by atoms with van der Waals surface area (Å²) >= 11 is 0. The molecule has 6 nitrogen and oxygen atoms in total. The van der Waals surface area contributed by atoms with Gasteiger partial charge in [0.15, 0.2) is 0 Å². The van der Waals surface area contributed by atoms with Gasteiger partial charge in [0.2, 0.25) is 0 Å². The van der Waals surface area contributed by atoms with Crippen LogP contribution in [-0.2, 0) is 19.2 Å². The summed E-state index contributed by atoms with van der Waals surface area (Å²) in [5.41, 5.74) is 0.736. The number of nitrogens with zero attached hydrogens (tertiary/aromatic N) is 2. The Hall–Kier alpha value is -2.86. The van der Waals surface area contributed by atoms with Crippen LogP contribution in [0.15, 0.2) is 48.6 Å². The summed E-state index contributed by atoms with van der Waals surface area (Å²) in [6.45, 7) is 0. The first-order valence-corrected chi connectivity index (χ1v) is 6.25. The molecule has 0 aromatic heterocycles. The van der Waals surface area contributed by atoms with Crippen LogP contribution in [0.3, 0.4) is 0 Å². The van der Waals surface area contributed by atoms with E-state index in [1.807, 2.05) is 0 Å². The molecule has 2 aliphatic rings. The molecule has 0 bridgehead atoms. The first-order valence-electron chi connectivity index (χ1n) is 6.25. The molecule has 1 aromatic carbocycles. The van der Waals surface area contributed by atoms with Crippen molar-refractivity contribution in [3.63, 3.8) is 0 Å². The second-order valence-electron chi connectivity index (χ2n) is 4.88. The second-order valence-corrected chi connectivity index (χ2v) is 4.88. The Labute approximate surface area is 120 Å². The minimum absolute atomic E-state index is 0.333. The van der Waals surface area contributed by atoms with Gasteiger partial charge in [0.05, 0.1) is 24.9 Å². The van der Waals surface area contributed by atoms with Gasteiger partial charge in [-0.1, -0.05) is 6.07 Å². The van der Waals surface area contributed by atoms with Gasteiger partial charge in [-0.2, -0.15) is 4.48 Å². The summed E-state index contributed by atoms with van der Waals surface area (Å²) in [5.74, 6) is -1.63. The van der Waals surface area contributed by atoms with Gasteiger partial charge < -0.3 is 0 Å². The number of hydrogen-bond donors (Lipinski definition) is 0. The van der Waals surface area contributed by atoms with Crippen molar-refractivity contribution in [3.05, 3.63) is 48.6 Å². The van der Waals surface area contributed by atoms with Crippen molar-refractivity contribution < 1.29 is 19.2 Å². The lowest BCUT2D eigenvalue weighted by Crippen LogP contribution is -2.50. The number of hydrogen-bond acceptors (Lipinski definition) is 4. The lowest BCUT2D eigenvalue weighted by atomic mass is 10.2. The minimum Gasteiger partial charge on any atom is -0.269 e. The summed E-state index contributed by atoms with van der Waals surface area (Å²) in [4.78, 5) is 48.3. The first-order chi connectivity index (χ1) is 9.94. The van der Waals surface area contributed by atoms with Gasteiger partial charge in [-0.05, 0) is 6.07 Å². The topological polar surface area (TPSA) is 71.5 Å². The zero-order valence-electron chi connectivity index (χ0n) is 11.1. The van der Waals surface area contributed by atoms with Crippen molar-refractivity contribution in [2.24, 2.45) is 0 Å². The molecule has 3 rings (SSSR count). The number of rotatable bonds is 2. The molecule has 0 atom stereocenters. The van der Waals surface area contributed by atoms with E-state index in [2.05, 4.69) is 0 Å². The molecule has 0 spiro atoms. The molecule has 0 saturated heterocycles. The molecule has 0 unspecified atom stereocenters. The van der Waals surface area contributed by atoms with Gasteiger partial charge in [0, 0.05) is 24.3 Å². The number of carbonyl (C=O) groups excluding carboxylic acids is 4. The number of carbonyl (C=O) groups is 4. The maximum absolute atomic E-state index is 12.0. The number of amides is 4. The molecule has 0 fully saturated rings. The average Bonchev–Trinajstić information content (AvgIpc) is 2.94. The van der Waals surface area contributed by atoms with Crippen molar-refractivity contribution in [3.8, 4) is 0 Å². The SMILES string of the molecule is C[N+]1(c2cccc(N3C(=O)C=CC3=O)c2)C(=O)C=CC1=O. The third-order valence-electron chi connectivity index (χ3n) is 3.66. The third-order valence-corrected chi connectivity index (χ3v) is 3.66. The molecule has 2 heterocycles. The van der Waals surface area contributed by atoms with E-state index in [0.717, 1.165) is 4.90 Å². The molecule has 1 aromatic rings. The second kappa shape index (κ2) is 4.32. The van der Waals surface area contributed by atoms with E-state index in [9.17, 15) is 19.2 Å². The highest BCUT2D eigenvalue weighted by Gasteiger charge is 2.44. The predicted octanol–water partition coefficient (Wildman–Crippen LogP) is 0.676. The fourth-order valence-corrected chi connectivity index (χ4v) is 2.37. The highest BCUT2D eigenvalue weighted by atomic mass is 16.2. The monoisotopic (exact) mass is 283 g/mol. The Morgan fingerprint density at radius 1 is 0.857 bits per heavy atom. The molecule has 4 amide bonds. The van der Waals surface area contributed by atoms with Crippen LogP contribution in [0.4, 0.5) is 11.4 Å². The maximum Gasteiger partial charge on any atom is 0.351 e. The van der Waals surface area contributed by atoms with Gasteiger partial charge in [0.1, 0.15) is 5.69 Å². The molecular formula is C15H11N2O4+. The van der Waals surface area contributed by atoms with Crippen LogP contribution in [-0.4, -0.2) is 30.7 Å². The summed E-state index contributed by atoms with van der Waals surface area (Å²) in [5, 5.41) is 0. The number of quaternary nitrogens is 1. The molecule has 21 heavy (non-hydrogen) atoms. The van der Waals surface area contributed by atoms with E-state index in [0.29, 0.717) is 11.4 Å². The molecule has 0 N–H and O–H groups in total. The average molecular weight is 283 g/mol. The van der Waals surface area contributed by atoms with Gasteiger partial charge in [-0.15, -0.1) is 0 Å². The molecule has 6 heteroatoms. The zero-order chi connectivity index (χ0) is 15.2. The van der Waals surface area contributed by atoms with E-state index < -0.39 is 16.3 Å². The van der Waals surface area contributed by atoms with E-state index in [1.54, 1.807) is 18.2 Å². The van der Waals surface area contributed by atoms with E-state index in [1.165, 1.54) is 37.4 Å². The molecule has 0 aliphatic carbocycles. The van der Waals surface area contributed by atoms with Crippen LogP contribution in [0.5, 0.6) is 0 Å². The van der Waals surface area contributed by atoms with Gasteiger partial charge in [-0.25, -0.2) is 14.5 Å². The first kappa shape index (κ1) is 13.1. The number of anilines is 1. The van der Waals surface area contributed by atoms with Gasteiger partial charge in [-0.3, -0.25) is 9.59 Å². The van der Waals surface area contributed by atoms with Crippen molar-refractivity contribution in [1.82, 2.24) is 4.48 Å². The normalized spacial score (nSPS) is 20.0. The number of imide groups is 2. The van der Waals surface area contributed by atoms with Crippen molar-refractivity contribution in [2.45, 2.75) is 0 Å². The van der Waals surface area contributed by atoms with Crippen molar-refractivity contribution in [2.75, 3.05) is 11.9 Å². The molecule has 104 valence electrons. The van der Waals surface area contributed by atoms with Crippen molar-refractivity contribution in [1.29, 1.82) is 0 Å². The Morgan fingerprint density at radius 2 is 1.43 bits per heavy atom. The minimum atomic E-state index is -0.530. The maximum atomic E-state index is 12.0. The number of likely N-dealkylation sites (N-methyl/N-ethyl adjacent to an activating group) is 1. The molecular weight excluding hydrogens is 272 g/mol. The fraction of sp³-hybridized carbons (Fsp3) is 0.0667. The highest BCUT2D eigenvalue weighted by molar-refractivity contribution is 6.28. The quantitative estimate of drug-likeness (QED) is 0.591.